The van der Waals surface area contributed by atoms with Gasteiger partial charge in [0.1, 0.15) is 0 Å². The van der Waals surface area contributed by atoms with E-state index in [9.17, 15) is 4.79 Å². The maximum atomic E-state index is 12.2. The van der Waals surface area contributed by atoms with Crippen molar-refractivity contribution in [3.63, 3.8) is 0 Å². The molecule has 0 fully saturated rings. The van der Waals surface area contributed by atoms with Crippen LogP contribution in [-0.2, 0) is 6.54 Å². The number of hydrogen-bond acceptors (Lipinski definition) is 4. The van der Waals surface area contributed by atoms with Crippen LogP contribution >= 0.6 is 12.2 Å². The van der Waals surface area contributed by atoms with Crippen molar-refractivity contribution in [2.45, 2.75) is 19.9 Å². The van der Waals surface area contributed by atoms with Gasteiger partial charge in [0.05, 0.1) is 11.6 Å². The average molecular weight is 297 g/mol. The van der Waals surface area contributed by atoms with Crippen LogP contribution in [0.5, 0.6) is 5.75 Å². The lowest BCUT2D eigenvalue weighted by atomic mass is 10.2. The highest BCUT2D eigenvalue weighted by Gasteiger charge is 2.09. The summed E-state index contributed by atoms with van der Waals surface area (Å²) in [7, 11) is 4.01. The van der Waals surface area contributed by atoms with E-state index < -0.39 is 0 Å². The standard InChI is InChI=1S/C14H23N3O2S/c1-11(13(15)20)10-17-8-4-6-12(14(17)18)19-9-5-7-16(2)3/h4,6,8,11H,5,7,9-10H2,1-3H3,(H2,15,20). The van der Waals surface area contributed by atoms with Crippen molar-refractivity contribution in [2.24, 2.45) is 11.7 Å². The second-order valence-electron chi connectivity index (χ2n) is 5.14. The van der Waals surface area contributed by atoms with E-state index in [1.165, 1.54) is 0 Å². The molecule has 0 radical (unpaired) electrons. The highest BCUT2D eigenvalue weighted by Crippen LogP contribution is 2.05. The molecule has 1 heterocycles. The molecule has 0 aliphatic heterocycles. The summed E-state index contributed by atoms with van der Waals surface area (Å²) in [6.45, 7) is 3.84. The summed E-state index contributed by atoms with van der Waals surface area (Å²) < 4.78 is 7.13. The molecule has 2 N–H and O–H groups in total. The molecule has 0 aliphatic rings. The zero-order valence-electron chi connectivity index (χ0n) is 12.3. The first-order valence-corrected chi connectivity index (χ1v) is 7.09. The van der Waals surface area contributed by atoms with Gasteiger partial charge in [-0.2, -0.15) is 0 Å². The Hall–Kier alpha value is -1.40. The number of pyridine rings is 1. The Morgan fingerprint density at radius 3 is 2.85 bits per heavy atom. The largest absolute Gasteiger partial charge is 0.488 e. The Kier molecular flexibility index (Phi) is 6.67. The predicted molar refractivity (Wildman–Crippen MR) is 85.3 cm³/mol. The summed E-state index contributed by atoms with van der Waals surface area (Å²) in [6.07, 6.45) is 2.61. The van der Waals surface area contributed by atoms with E-state index in [1.807, 2.05) is 21.0 Å². The van der Waals surface area contributed by atoms with Crippen molar-refractivity contribution in [3.8, 4) is 5.75 Å². The lowest BCUT2D eigenvalue weighted by Gasteiger charge is -2.14. The van der Waals surface area contributed by atoms with Crippen LogP contribution in [0, 0.1) is 5.92 Å². The molecule has 5 nitrogen and oxygen atoms in total. The summed E-state index contributed by atoms with van der Waals surface area (Å²) in [5, 5.41) is 0. The Morgan fingerprint density at radius 1 is 1.55 bits per heavy atom. The fraction of sp³-hybridized carbons (Fsp3) is 0.571. The van der Waals surface area contributed by atoms with Crippen LogP contribution in [0.15, 0.2) is 23.1 Å². The highest BCUT2D eigenvalue weighted by molar-refractivity contribution is 7.80. The van der Waals surface area contributed by atoms with E-state index in [1.54, 1.807) is 22.9 Å². The number of thiocarbonyl (C=S) groups is 1. The minimum Gasteiger partial charge on any atom is -0.488 e. The Bertz CT molecular complexity index is 499. The van der Waals surface area contributed by atoms with E-state index >= 15 is 0 Å². The Morgan fingerprint density at radius 2 is 2.25 bits per heavy atom. The van der Waals surface area contributed by atoms with Crippen molar-refractivity contribution >= 4 is 17.2 Å². The molecule has 0 saturated carbocycles. The Balaban J connectivity index is 2.65. The molecule has 1 aromatic rings. The lowest BCUT2D eigenvalue weighted by Crippen LogP contribution is -2.29. The average Bonchev–Trinajstić information content (AvgIpc) is 2.38. The molecule has 0 saturated heterocycles. The minimum absolute atomic E-state index is 0.0216. The number of ether oxygens (including phenoxy) is 1. The third kappa shape index (κ3) is 5.30. The molecule has 6 heteroatoms. The van der Waals surface area contributed by atoms with Crippen LogP contribution < -0.4 is 16.0 Å². The summed E-state index contributed by atoms with van der Waals surface area (Å²) in [4.78, 5) is 14.7. The maximum absolute atomic E-state index is 12.2. The topological polar surface area (TPSA) is 60.5 Å². The van der Waals surface area contributed by atoms with Gasteiger partial charge in [0.25, 0.3) is 5.56 Å². The zero-order chi connectivity index (χ0) is 15.1. The van der Waals surface area contributed by atoms with Gasteiger partial charge in [0, 0.05) is 25.2 Å². The highest BCUT2D eigenvalue weighted by atomic mass is 32.1. The van der Waals surface area contributed by atoms with E-state index in [0.717, 1.165) is 13.0 Å². The molecule has 0 spiro atoms. The number of hydrogen-bond donors (Lipinski definition) is 1. The van der Waals surface area contributed by atoms with Crippen LogP contribution in [0.3, 0.4) is 0 Å². The molecular weight excluding hydrogens is 274 g/mol. The molecule has 0 amide bonds. The fourth-order valence-electron chi connectivity index (χ4n) is 1.72. The van der Waals surface area contributed by atoms with Gasteiger partial charge in [0.15, 0.2) is 5.75 Å². The normalized spacial score (nSPS) is 12.4. The third-order valence-electron chi connectivity index (χ3n) is 2.95. The second-order valence-corrected chi connectivity index (χ2v) is 5.61. The van der Waals surface area contributed by atoms with Crippen molar-refractivity contribution in [1.82, 2.24) is 9.47 Å². The minimum atomic E-state index is -0.138. The number of rotatable bonds is 8. The first kappa shape index (κ1) is 16.7. The molecule has 1 atom stereocenters. The third-order valence-corrected chi connectivity index (χ3v) is 3.35. The smallest absolute Gasteiger partial charge is 0.292 e. The van der Waals surface area contributed by atoms with E-state index in [0.29, 0.717) is 23.9 Å². The van der Waals surface area contributed by atoms with Crippen molar-refractivity contribution in [3.05, 3.63) is 28.7 Å². The van der Waals surface area contributed by atoms with Crippen LogP contribution in [0.1, 0.15) is 13.3 Å². The van der Waals surface area contributed by atoms with Gasteiger partial charge in [-0.1, -0.05) is 19.1 Å². The van der Waals surface area contributed by atoms with Crippen LogP contribution in [0.25, 0.3) is 0 Å². The summed E-state index contributed by atoms with van der Waals surface area (Å²) >= 11 is 4.93. The maximum Gasteiger partial charge on any atom is 0.292 e. The Labute approximate surface area is 125 Å². The molecule has 1 aromatic heterocycles. The monoisotopic (exact) mass is 297 g/mol. The summed E-state index contributed by atoms with van der Waals surface area (Å²) in [6, 6.07) is 3.49. The van der Waals surface area contributed by atoms with Crippen molar-refractivity contribution in [1.29, 1.82) is 0 Å². The number of aromatic nitrogens is 1. The van der Waals surface area contributed by atoms with Gasteiger partial charge < -0.3 is 19.9 Å². The van der Waals surface area contributed by atoms with Crippen molar-refractivity contribution in [2.75, 3.05) is 27.2 Å². The quantitative estimate of drug-likeness (QED) is 0.575. The zero-order valence-corrected chi connectivity index (χ0v) is 13.2. The second kappa shape index (κ2) is 8.01. The summed E-state index contributed by atoms with van der Waals surface area (Å²) in [5.41, 5.74) is 5.44. The van der Waals surface area contributed by atoms with Gasteiger partial charge >= 0.3 is 0 Å². The van der Waals surface area contributed by atoms with Gasteiger partial charge in [-0.3, -0.25) is 4.79 Å². The van der Waals surface area contributed by atoms with Crippen LogP contribution in [-0.4, -0.2) is 41.7 Å². The molecule has 0 bridgehead atoms. The van der Waals surface area contributed by atoms with E-state index in [4.69, 9.17) is 22.7 Å². The lowest BCUT2D eigenvalue weighted by molar-refractivity contribution is 0.276. The van der Waals surface area contributed by atoms with E-state index in [-0.39, 0.29) is 11.5 Å². The molecule has 0 aliphatic carbocycles. The van der Waals surface area contributed by atoms with E-state index in [2.05, 4.69) is 4.90 Å². The fourth-order valence-corrected chi connectivity index (χ4v) is 1.79. The molecule has 20 heavy (non-hydrogen) atoms. The van der Waals surface area contributed by atoms with Gasteiger partial charge in [-0.05, 0) is 32.6 Å². The molecule has 0 aromatic carbocycles. The molecule has 1 rings (SSSR count). The summed E-state index contributed by atoms with van der Waals surface area (Å²) in [5.74, 6) is 0.355. The molecule has 1 unspecified atom stereocenters. The van der Waals surface area contributed by atoms with Crippen LogP contribution in [0.2, 0.25) is 0 Å². The van der Waals surface area contributed by atoms with Gasteiger partial charge in [0.2, 0.25) is 0 Å². The number of nitrogens with two attached hydrogens (primary N) is 1. The van der Waals surface area contributed by atoms with Gasteiger partial charge in [-0.25, -0.2) is 0 Å². The SMILES string of the molecule is CC(Cn1cccc(OCCCN(C)C)c1=O)C(N)=S. The molecule has 112 valence electrons. The molecular formula is C14H23N3O2S. The van der Waals surface area contributed by atoms with Crippen LogP contribution in [0.4, 0.5) is 0 Å². The van der Waals surface area contributed by atoms with Crippen molar-refractivity contribution < 1.29 is 4.74 Å². The first-order valence-electron chi connectivity index (χ1n) is 6.68. The number of nitrogens with zero attached hydrogens (tertiary/aromatic N) is 2. The predicted octanol–water partition coefficient (Wildman–Crippen LogP) is 1.10. The van der Waals surface area contributed by atoms with Gasteiger partial charge in [-0.15, -0.1) is 0 Å². The first-order chi connectivity index (χ1) is 9.41.